The molecule has 2 aromatic heterocycles. The van der Waals surface area contributed by atoms with Crippen molar-refractivity contribution in [3.63, 3.8) is 0 Å². The van der Waals surface area contributed by atoms with Crippen LogP contribution in [0.3, 0.4) is 0 Å². The number of hydrogen-bond donors (Lipinski definition) is 0. The number of aromatic nitrogens is 5. The fourth-order valence-electron chi connectivity index (χ4n) is 2.21. The number of tetrazole rings is 1. The summed E-state index contributed by atoms with van der Waals surface area (Å²) in [4.78, 5) is 0. The van der Waals surface area contributed by atoms with E-state index < -0.39 is 0 Å². The van der Waals surface area contributed by atoms with Crippen molar-refractivity contribution in [2.24, 2.45) is 7.05 Å². The Hall–Kier alpha value is -2.17. The molecule has 0 atom stereocenters. The Morgan fingerprint density at radius 1 is 1.17 bits per heavy atom. The highest BCUT2D eigenvalue weighted by Gasteiger charge is 2.15. The predicted octanol–water partition coefficient (Wildman–Crippen LogP) is 2.41. The molecule has 0 fully saturated rings. The average Bonchev–Trinajstić information content (AvgIpc) is 2.94. The van der Waals surface area contributed by atoms with Crippen molar-refractivity contribution >= 4 is 10.9 Å². The van der Waals surface area contributed by atoms with Crippen LogP contribution < -0.4 is 0 Å². The van der Waals surface area contributed by atoms with E-state index in [1.165, 1.54) is 10.9 Å². The summed E-state index contributed by atoms with van der Waals surface area (Å²) in [7, 11) is 2.04. The van der Waals surface area contributed by atoms with Crippen molar-refractivity contribution in [2.75, 3.05) is 0 Å². The monoisotopic (exact) mass is 241 g/mol. The highest BCUT2D eigenvalue weighted by atomic mass is 15.5. The largest absolute Gasteiger partial charge is 0.341 e. The van der Waals surface area contributed by atoms with Crippen molar-refractivity contribution < 1.29 is 0 Å². The molecule has 0 saturated heterocycles. The van der Waals surface area contributed by atoms with Gasteiger partial charge in [0.1, 0.15) is 0 Å². The number of benzene rings is 1. The first-order valence-corrected chi connectivity index (χ1v) is 6.01. The van der Waals surface area contributed by atoms with Crippen LogP contribution in [0.4, 0.5) is 0 Å². The van der Waals surface area contributed by atoms with Crippen LogP contribution in [0.5, 0.6) is 0 Å². The molecule has 0 saturated carbocycles. The van der Waals surface area contributed by atoms with E-state index in [0.29, 0.717) is 0 Å². The van der Waals surface area contributed by atoms with Crippen LogP contribution in [0.15, 0.2) is 30.3 Å². The molecule has 5 nitrogen and oxygen atoms in total. The van der Waals surface area contributed by atoms with E-state index >= 15 is 0 Å². The Kier molecular flexibility index (Phi) is 2.40. The molecule has 5 heteroatoms. The van der Waals surface area contributed by atoms with E-state index in [4.69, 9.17) is 0 Å². The van der Waals surface area contributed by atoms with Gasteiger partial charge >= 0.3 is 0 Å². The van der Waals surface area contributed by atoms with Crippen molar-refractivity contribution in [1.29, 1.82) is 0 Å². The summed E-state index contributed by atoms with van der Waals surface area (Å²) in [6.07, 6.45) is 0. The lowest BCUT2D eigenvalue weighted by molar-refractivity contribution is 0.518. The van der Waals surface area contributed by atoms with Gasteiger partial charge in [0, 0.05) is 18.0 Å². The molecule has 0 N–H and O–H groups in total. The molecule has 0 aliphatic heterocycles. The third kappa shape index (κ3) is 1.51. The zero-order valence-electron chi connectivity index (χ0n) is 10.7. The Bertz CT molecular complexity index is 692. The van der Waals surface area contributed by atoms with E-state index in [9.17, 15) is 0 Å². The molecule has 0 unspecified atom stereocenters. The first-order valence-electron chi connectivity index (χ1n) is 6.01. The molecule has 0 bridgehead atoms. The summed E-state index contributed by atoms with van der Waals surface area (Å²) in [5.74, 6) is 0.809. The van der Waals surface area contributed by atoms with Crippen LogP contribution in [-0.2, 0) is 7.05 Å². The topological polar surface area (TPSA) is 48.5 Å². The highest BCUT2D eigenvalue weighted by Crippen LogP contribution is 2.26. The van der Waals surface area contributed by atoms with Gasteiger partial charge in [-0.3, -0.25) is 0 Å². The summed E-state index contributed by atoms with van der Waals surface area (Å²) in [5.41, 5.74) is 2.22. The fraction of sp³-hybridized carbons (Fsp3) is 0.308. The highest BCUT2D eigenvalue weighted by molar-refractivity contribution is 5.85. The molecule has 0 aliphatic carbocycles. The lowest BCUT2D eigenvalue weighted by atomic mass is 10.2. The minimum absolute atomic E-state index is 0.244. The van der Waals surface area contributed by atoms with Gasteiger partial charge in [-0.25, -0.2) is 4.68 Å². The SMILES string of the molecule is CC(C)n1nnnc1-c1cc2ccccc2n1C. The second kappa shape index (κ2) is 3.94. The Morgan fingerprint density at radius 3 is 2.67 bits per heavy atom. The maximum Gasteiger partial charge on any atom is 0.198 e. The zero-order valence-corrected chi connectivity index (χ0v) is 10.7. The number of rotatable bonds is 2. The van der Waals surface area contributed by atoms with Crippen LogP contribution in [0.25, 0.3) is 22.4 Å². The molecule has 3 aromatic rings. The molecule has 18 heavy (non-hydrogen) atoms. The number of fused-ring (bicyclic) bond motifs is 1. The van der Waals surface area contributed by atoms with Crippen molar-refractivity contribution in [1.82, 2.24) is 24.8 Å². The molecule has 0 radical (unpaired) electrons. The Balaban J connectivity index is 2.25. The van der Waals surface area contributed by atoms with Crippen LogP contribution in [-0.4, -0.2) is 24.8 Å². The number of nitrogens with zero attached hydrogens (tertiary/aromatic N) is 5. The lowest BCUT2D eigenvalue weighted by Crippen LogP contribution is -2.07. The van der Waals surface area contributed by atoms with Gasteiger partial charge in [0.2, 0.25) is 0 Å². The van der Waals surface area contributed by atoms with Gasteiger partial charge < -0.3 is 4.57 Å². The van der Waals surface area contributed by atoms with E-state index in [-0.39, 0.29) is 6.04 Å². The summed E-state index contributed by atoms with van der Waals surface area (Å²) >= 11 is 0. The zero-order chi connectivity index (χ0) is 12.7. The van der Waals surface area contributed by atoms with Gasteiger partial charge in [-0.2, -0.15) is 0 Å². The maximum atomic E-state index is 4.14. The standard InChI is InChI=1S/C13H15N5/c1-9(2)18-13(14-15-16-18)12-8-10-6-4-5-7-11(10)17(12)3/h4-9H,1-3H3. The summed E-state index contributed by atoms with van der Waals surface area (Å²) < 4.78 is 3.97. The molecule has 0 spiro atoms. The molecular formula is C13H15N5. The molecule has 92 valence electrons. The van der Waals surface area contributed by atoms with Gasteiger partial charge in [-0.05, 0) is 36.4 Å². The van der Waals surface area contributed by atoms with Crippen LogP contribution in [0.2, 0.25) is 0 Å². The smallest absolute Gasteiger partial charge is 0.198 e. The van der Waals surface area contributed by atoms with E-state index in [0.717, 1.165) is 11.5 Å². The Labute approximate surface area is 105 Å². The minimum atomic E-state index is 0.244. The lowest BCUT2D eigenvalue weighted by Gasteiger charge is -2.08. The average molecular weight is 241 g/mol. The molecule has 1 aromatic carbocycles. The second-order valence-corrected chi connectivity index (χ2v) is 4.69. The molecule has 0 aliphatic rings. The molecular weight excluding hydrogens is 226 g/mol. The molecule has 2 heterocycles. The molecule has 0 amide bonds. The van der Waals surface area contributed by atoms with Gasteiger partial charge in [0.25, 0.3) is 0 Å². The third-order valence-corrected chi connectivity index (χ3v) is 3.16. The third-order valence-electron chi connectivity index (χ3n) is 3.16. The second-order valence-electron chi connectivity index (χ2n) is 4.69. The normalized spacial score (nSPS) is 11.6. The number of hydrogen-bond acceptors (Lipinski definition) is 3. The summed E-state index contributed by atoms with van der Waals surface area (Å²) in [6, 6.07) is 10.6. The predicted molar refractivity (Wildman–Crippen MR) is 70.1 cm³/mol. The number of aryl methyl sites for hydroxylation is 1. The van der Waals surface area contributed by atoms with Gasteiger partial charge in [0.15, 0.2) is 5.82 Å². The fourth-order valence-corrected chi connectivity index (χ4v) is 2.21. The summed E-state index contributed by atoms with van der Waals surface area (Å²) in [6.45, 7) is 4.14. The van der Waals surface area contributed by atoms with E-state index in [2.05, 4.69) is 52.1 Å². The quantitative estimate of drug-likeness (QED) is 0.692. The van der Waals surface area contributed by atoms with Crippen LogP contribution in [0.1, 0.15) is 19.9 Å². The van der Waals surface area contributed by atoms with Crippen molar-refractivity contribution in [3.8, 4) is 11.5 Å². The van der Waals surface area contributed by atoms with Gasteiger partial charge in [-0.15, -0.1) is 5.10 Å². The van der Waals surface area contributed by atoms with Gasteiger partial charge in [-0.1, -0.05) is 18.2 Å². The first kappa shape index (κ1) is 11.0. The van der Waals surface area contributed by atoms with Crippen LogP contribution >= 0.6 is 0 Å². The van der Waals surface area contributed by atoms with E-state index in [1.807, 2.05) is 23.9 Å². The van der Waals surface area contributed by atoms with Crippen molar-refractivity contribution in [3.05, 3.63) is 30.3 Å². The minimum Gasteiger partial charge on any atom is -0.341 e. The maximum absolute atomic E-state index is 4.14. The van der Waals surface area contributed by atoms with Crippen molar-refractivity contribution in [2.45, 2.75) is 19.9 Å². The van der Waals surface area contributed by atoms with Gasteiger partial charge in [0.05, 0.1) is 11.7 Å². The Morgan fingerprint density at radius 2 is 1.94 bits per heavy atom. The number of para-hydroxylation sites is 1. The molecule has 3 rings (SSSR count). The van der Waals surface area contributed by atoms with Crippen LogP contribution in [0, 0.1) is 0 Å². The first-order chi connectivity index (χ1) is 8.68. The van der Waals surface area contributed by atoms with E-state index in [1.54, 1.807) is 0 Å². The summed E-state index contributed by atoms with van der Waals surface area (Å²) in [5, 5.41) is 13.2.